The SMILES string of the molecule is CCCCN(C(=O)COC(=O)C1COc2ccccc2C1)C1CCS(=O)(=O)C1. The minimum Gasteiger partial charge on any atom is -0.492 e. The summed E-state index contributed by atoms with van der Waals surface area (Å²) in [5.41, 5.74) is 0.947. The van der Waals surface area contributed by atoms with Gasteiger partial charge in [0.15, 0.2) is 16.4 Å². The summed E-state index contributed by atoms with van der Waals surface area (Å²) in [6, 6.07) is 7.21. The molecule has 3 rings (SSSR count). The number of carbonyl (C=O) groups excluding carboxylic acids is 2. The number of esters is 1. The third kappa shape index (κ3) is 5.04. The molecule has 1 fully saturated rings. The van der Waals surface area contributed by atoms with E-state index in [4.69, 9.17) is 9.47 Å². The normalized spacial score (nSPS) is 22.8. The molecule has 2 aliphatic rings. The van der Waals surface area contributed by atoms with E-state index in [1.807, 2.05) is 31.2 Å². The first-order valence-electron chi connectivity index (χ1n) is 9.77. The standard InChI is InChI=1S/C20H27NO6S/c1-2-3-9-21(17-8-10-28(24,25)14-17)19(22)13-27-20(23)16-11-15-6-4-5-7-18(15)26-12-16/h4-7,16-17H,2-3,8-14H2,1H3. The van der Waals surface area contributed by atoms with Gasteiger partial charge in [-0.15, -0.1) is 0 Å². The van der Waals surface area contributed by atoms with E-state index >= 15 is 0 Å². The number of sulfone groups is 1. The Labute approximate surface area is 165 Å². The van der Waals surface area contributed by atoms with Gasteiger partial charge in [0.2, 0.25) is 0 Å². The molecule has 2 heterocycles. The van der Waals surface area contributed by atoms with Crippen LogP contribution in [0.25, 0.3) is 0 Å². The molecule has 0 N–H and O–H groups in total. The van der Waals surface area contributed by atoms with Crippen LogP contribution >= 0.6 is 0 Å². The van der Waals surface area contributed by atoms with Gasteiger partial charge in [0.1, 0.15) is 12.4 Å². The van der Waals surface area contributed by atoms with Gasteiger partial charge < -0.3 is 14.4 Å². The number of ether oxygens (including phenoxy) is 2. The van der Waals surface area contributed by atoms with E-state index in [2.05, 4.69) is 0 Å². The number of unbranched alkanes of at least 4 members (excludes halogenated alkanes) is 1. The summed E-state index contributed by atoms with van der Waals surface area (Å²) in [5, 5.41) is 0. The minimum atomic E-state index is -3.09. The average molecular weight is 410 g/mol. The van der Waals surface area contributed by atoms with Crippen LogP contribution in [-0.2, 0) is 30.6 Å². The number of rotatable bonds is 7. The molecule has 28 heavy (non-hydrogen) atoms. The van der Waals surface area contributed by atoms with Crippen molar-refractivity contribution in [3.8, 4) is 5.75 Å². The zero-order chi connectivity index (χ0) is 20.1. The van der Waals surface area contributed by atoms with E-state index in [-0.39, 0.29) is 36.7 Å². The lowest BCUT2D eigenvalue weighted by Gasteiger charge is -2.28. The number of amides is 1. The molecule has 0 aliphatic carbocycles. The summed E-state index contributed by atoms with van der Waals surface area (Å²) in [7, 11) is -3.09. The van der Waals surface area contributed by atoms with Gasteiger partial charge in [0, 0.05) is 12.6 Å². The van der Waals surface area contributed by atoms with Crippen molar-refractivity contribution >= 4 is 21.7 Å². The number of hydrogen-bond acceptors (Lipinski definition) is 6. The van der Waals surface area contributed by atoms with E-state index in [1.165, 1.54) is 0 Å². The van der Waals surface area contributed by atoms with Crippen LogP contribution in [0.5, 0.6) is 5.75 Å². The Kier molecular flexibility index (Phi) is 6.59. The van der Waals surface area contributed by atoms with Crippen molar-refractivity contribution in [1.82, 2.24) is 4.90 Å². The molecule has 1 saturated heterocycles. The van der Waals surface area contributed by atoms with Gasteiger partial charge in [-0.05, 0) is 30.9 Å². The van der Waals surface area contributed by atoms with Gasteiger partial charge in [-0.25, -0.2) is 8.42 Å². The number of fused-ring (bicyclic) bond motifs is 1. The quantitative estimate of drug-likeness (QED) is 0.636. The van der Waals surface area contributed by atoms with E-state index in [1.54, 1.807) is 4.90 Å². The zero-order valence-corrected chi connectivity index (χ0v) is 16.9. The molecule has 2 atom stereocenters. The van der Waals surface area contributed by atoms with Crippen LogP contribution in [0.15, 0.2) is 24.3 Å². The Bertz CT molecular complexity index is 822. The fraction of sp³-hybridized carbons (Fsp3) is 0.600. The summed E-state index contributed by atoms with van der Waals surface area (Å²) >= 11 is 0. The highest BCUT2D eigenvalue weighted by Crippen LogP contribution is 2.27. The van der Waals surface area contributed by atoms with Gasteiger partial charge in [-0.2, -0.15) is 0 Å². The van der Waals surface area contributed by atoms with Gasteiger partial charge in [-0.3, -0.25) is 9.59 Å². The lowest BCUT2D eigenvalue weighted by Crippen LogP contribution is -2.44. The molecule has 8 heteroatoms. The minimum absolute atomic E-state index is 0.0103. The Morgan fingerprint density at radius 1 is 1.29 bits per heavy atom. The molecule has 1 aromatic rings. The predicted octanol–water partition coefficient (Wildman–Crippen LogP) is 1.60. The summed E-state index contributed by atoms with van der Waals surface area (Å²) in [4.78, 5) is 26.6. The molecule has 2 aliphatic heterocycles. The summed E-state index contributed by atoms with van der Waals surface area (Å²) in [6.45, 7) is 2.35. The van der Waals surface area contributed by atoms with Crippen LogP contribution in [0.3, 0.4) is 0 Å². The average Bonchev–Trinajstić information content (AvgIpc) is 3.05. The van der Waals surface area contributed by atoms with Crippen molar-refractivity contribution in [2.24, 2.45) is 5.92 Å². The van der Waals surface area contributed by atoms with Gasteiger partial charge in [0.25, 0.3) is 5.91 Å². The second kappa shape index (κ2) is 8.94. The highest BCUT2D eigenvalue weighted by molar-refractivity contribution is 7.91. The van der Waals surface area contributed by atoms with Crippen LogP contribution in [0, 0.1) is 5.92 Å². The smallest absolute Gasteiger partial charge is 0.313 e. The molecule has 0 spiro atoms. The maximum Gasteiger partial charge on any atom is 0.313 e. The van der Waals surface area contributed by atoms with Crippen molar-refractivity contribution < 1.29 is 27.5 Å². The van der Waals surface area contributed by atoms with Crippen molar-refractivity contribution in [3.63, 3.8) is 0 Å². The van der Waals surface area contributed by atoms with Gasteiger partial charge >= 0.3 is 5.97 Å². The fourth-order valence-corrected chi connectivity index (χ4v) is 5.40. The first-order valence-corrected chi connectivity index (χ1v) is 11.6. The molecule has 1 aromatic carbocycles. The number of benzene rings is 1. The Balaban J connectivity index is 1.56. The van der Waals surface area contributed by atoms with E-state index in [0.29, 0.717) is 19.4 Å². The lowest BCUT2D eigenvalue weighted by atomic mass is 9.97. The maximum absolute atomic E-state index is 12.7. The van der Waals surface area contributed by atoms with Gasteiger partial charge in [-0.1, -0.05) is 31.5 Å². The first kappa shape index (κ1) is 20.6. The van der Waals surface area contributed by atoms with Crippen LogP contribution < -0.4 is 4.74 Å². The topological polar surface area (TPSA) is 90.0 Å². The highest BCUT2D eigenvalue weighted by Gasteiger charge is 2.35. The Hall–Kier alpha value is -2.09. The molecule has 154 valence electrons. The van der Waals surface area contributed by atoms with Crippen molar-refractivity contribution in [2.45, 2.75) is 38.6 Å². The van der Waals surface area contributed by atoms with E-state index < -0.39 is 21.7 Å². The van der Waals surface area contributed by atoms with Crippen LogP contribution in [0.1, 0.15) is 31.7 Å². The summed E-state index contributed by atoms with van der Waals surface area (Å²) in [5.74, 6) is -0.372. The van der Waals surface area contributed by atoms with Crippen molar-refractivity contribution in [3.05, 3.63) is 29.8 Å². The molecule has 0 aromatic heterocycles. The Morgan fingerprint density at radius 2 is 2.07 bits per heavy atom. The monoisotopic (exact) mass is 409 g/mol. The third-order valence-corrected chi connectivity index (χ3v) is 7.02. The number of nitrogens with zero attached hydrogens (tertiary/aromatic N) is 1. The first-order chi connectivity index (χ1) is 13.4. The van der Waals surface area contributed by atoms with Crippen LogP contribution in [0.2, 0.25) is 0 Å². The summed E-state index contributed by atoms with van der Waals surface area (Å²) in [6.07, 6.45) is 2.63. The van der Waals surface area contributed by atoms with Crippen molar-refractivity contribution in [1.29, 1.82) is 0 Å². The fourth-order valence-electron chi connectivity index (χ4n) is 3.67. The summed E-state index contributed by atoms with van der Waals surface area (Å²) < 4.78 is 34.4. The number of hydrogen-bond donors (Lipinski definition) is 0. The van der Waals surface area contributed by atoms with Crippen LogP contribution in [-0.4, -0.2) is 62.5 Å². The number of carbonyl (C=O) groups is 2. The second-order valence-corrected chi connectivity index (χ2v) is 9.65. The lowest BCUT2D eigenvalue weighted by molar-refractivity contribution is -0.157. The molecular formula is C20H27NO6S. The molecule has 0 radical (unpaired) electrons. The van der Waals surface area contributed by atoms with Crippen LogP contribution in [0.4, 0.5) is 0 Å². The molecular weight excluding hydrogens is 382 g/mol. The molecule has 0 saturated carbocycles. The number of para-hydroxylation sites is 1. The second-order valence-electron chi connectivity index (χ2n) is 7.43. The molecule has 2 unspecified atom stereocenters. The van der Waals surface area contributed by atoms with E-state index in [0.717, 1.165) is 24.2 Å². The zero-order valence-electron chi connectivity index (χ0n) is 16.1. The predicted molar refractivity (Wildman–Crippen MR) is 104 cm³/mol. The van der Waals surface area contributed by atoms with E-state index in [9.17, 15) is 18.0 Å². The van der Waals surface area contributed by atoms with Gasteiger partial charge in [0.05, 0.1) is 17.4 Å². The molecule has 1 amide bonds. The maximum atomic E-state index is 12.7. The Morgan fingerprint density at radius 3 is 2.79 bits per heavy atom. The molecule has 0 bridgehead atoms. The third-order valence-electron chi connectivity index (χ3n) is 5.27. The molecule has 7 nitrogen and oxygen atoms in total. The largest absolute Gasteiger partial charge is 0.492 e. The highest BCUT2D eigenvalue weighted by atomic mass is 32.2. The van der Waals surface area contributed by atoms with Crippen molar-refractivity contribution in [2.75, 3.05) is 31.3 Å².